The van der Waals surface area contributed by atoms with E-state index in [-0.39, 0.29) is 12.3 Å². The van der Waals surface area contributed by atoms with Crippen LogP contribution in [0.25, 0.3) is 0 Å². The van der Waals surface area contributed by atoms with E-state index in [1.54, 1.807) is 20.8 Å². The number of hydrogen-bond acceptors (Lipinski definition) is 4. The molecule has 1 heterocycles. The molecule has 3 N–H and O–H groups in total. The maximum absolute atomic E-state index is 15.8. The first kappa shape index (κ1) is 17.9. The third-order valence-corrected chi connectivity index (χ3v) is 4.13. The Morgan fingerprint density at radius 1 is 1.39 bits per heavy atom. The Balaban J connectivity index is 2.27. The van der Waals surface area contributed by atoms with Crippen LogP contribution in [-0.4, -0.2) is 30.3 Å². The first-order valence-corrected chi connectivity index (χ1v) is 8.15. The standard InChI is InChI=1S/C18H27FN2O2/c1-17(2,3)23-16(22)18(19,15-7-8-21-12-15)10-13-5-4-6-14(9-13)11-20/h4-6,9,15,21H,7-8,10-12,20H2,1-3H3/t15-,18?/m0/s1. The lowest BCUT2D eigenvalue weighted by atomic mass is 9.82. The Hall–Kier alpha value is -1.46. The zero-order valence-corrected chi connectivity index (χ0v) is 14.2. The fraction of sp³-hybridized carbons (Fsp3) is 0.611. The molecule has 2 rings (SSSR count). The summed E-state index contributed by atoms with van der Waals surface area (Å²) in [5.41, 5.74) is 4.62. The van der Waals surface area contributed by atoms with Gasteiger partial charge in [-0.3, -0.25) is 0 Å². The summed E-state index contributed by atoms with van der Waals surface area (Å²) in [5.74, 6) is -1.14. The number of ether oxygens (including phenoxy) is 1. The normalized spacial score (nSPS) is 21.0. The number of nitrogens with two attached hydrogens (primary N) is 1. The van der Waals surface area contributed by atoms with Crippen molar-refractivity contribution in [3.63, 3.8) is 0 Å². The van der Waals surface area contributed by atoms with Gasteiger partial charge in [0.1, 0.15) is 5.60 Å². The van der Waals surface area contributed by atoms with Crippen LogP contribution < -0.4 is 11.1 Å². The second-order valence-corrected chi connectivity index (χ2v) is 7.25. The minimum Gasteiger partial charge on any atom is -0.458 e. The quantitative estimate of drug-likeness (QED) is 0.817. The summed E-state index contributed by atoms with van der Waals surface area (Å²) in [6.45, 7) is 6.88. The zero-order chi connectivity index (χ0) is 17.1. The van der Waals surface area contributed by atoms with Gasteiger partial charge in [0, 0.05) is 25.4 Å². The van der Waals surface area contributed by atoms with Crippen molar-refractivity contribution in [3.05, 3.63) is 35.4 Å². The molecule has 1 aromatic carbocycles. The fourth-order valence-corrected chi connectivity index (χ4v) is 2.95. The van der Waals surface area contributed by atoms with E-state index in [4.69, 9.17) is 10.5 Å². The first-order valence-electron chi connectivity index (χ1n) is 8.15. The molecule has 0 spiro atoms. The SMILES string of the molecule is CC(C)(C)OC(=O)C(F)(Cc1cccc(CN)c1)[C@H]1CCNC1. The van der Waals surface area contributed by atoms with Crippen LogP contribution in [0.3, 0.4) is 0 Å². The predicted molar refractivity (Wildman–Crippen MR) is 88.7 cm³/mol. The first-order chi connectivity index (χ1) is 10.7. The predicted octanol–water partition coefficient (Wildman–Crippen LogP) is 2.35. The highest BCUT2D eigenvalue weighted by Crippen LogP contribution is 2.34. The van der Waals surface area contributed by atoms with Gasteiger partial charge in [-0.2, -0.15) is 0 Å². The molecule has 0 bridgehead atoms. The fourth-order valence-electron chi connectivity index (χ4n) is 2.95. The van der Waals surface area contributed by atoms with Gasteiger partial charge in [0.25, 0.3) is 0 Å². The number of nitrogens with one attached hydrogen (secondary N) is 1. The largest absolute Gasteiger partial charge is 0.458 e. The van der Waals surface area contributed by atoms with E-state index in [9.17, 15) is 4.79 Å². The lowest BCUT2D eigenvalue weighted by Crippen LogP contribution is -2.48. The molecule has 5 heteroatoms. The van der Waals surface area contributed by atoms with E-state index in [1.165, 1.54) is 0 Å². The minimum atomic E-state index is -2.02. The number of carbonyl (C=O) groups is 1. The van der Waals surface area contributed by atoms with Gasteiger partial charge in [0.2, 0.25) is 5.67 Å². The van der Waals surface area contributed by atoms with Crippen LogP contribution in [0.1, 0.15) is 38.3 Å². The molecular formula is C18H27FN2O2. The van der Waals surface area contributed by atoms with Gasteiger partial charge in [-0.1, -0.05) is 24.3 Å². The molecule has 1 unspecified atom stereocenters. The molecule has 128 valence electrons. The van der Waals surface area contributed by atoms with Crippen molar-refractivity contribution in [1.82, 2.24) is 5.32 Å². The van der Waals surface area contributed by atoms with Gasteiger partial charge < -0.3 is 15.8 Å². The van der Waals surface area contributed by atoms with E-state index in [0.29, 0.717) is 19.5 Å². The lowest BCUT2D eigenvalue weighted by Gasteiger charge is -2.32. The molecule has 1 aromatic rings. The van der Waals surface area contributed by atoms with E-state index in [1.807, 2.05) is 24.3 Å². The Morgan fingerprint density at radius 2 is 2.09 bits per heavy atom. The zero-order valence-electron chi connectivity index (χ0n) is 14.2. The topological polar surface area (TPSA) is 64.3 Å². The molecule has 0 saturated carbocycles. The minimum absolute atomic E-state index is 0.0160. The maximum Gasteiger partial charge on any atom is 0.345 e. The molecule has 4 nitrogen and oxygen atoms in total. The third-order valence-electron chi connectivity index (χ3n) is 4.13. The maximum atomic E-state index is 15.8. The van der Waals surface area contributed by atoms with Crippen molar-refractivity contribution in [2.45, 2.75) is 51.4 Å². The van der Waals surface area contributed by atoms with Crippen molar-refractivity contribution in [1.29, 1.82) is 0 Å². The highest BCUT2D eigenvalue weighted by Gasteiger charge is 2.49. The van der Waals surface area contributed by atoms with Crippen molar-refractivity contribution < 1.29 is 13.9 Å². The van der Waals surface area contributed by atoms with Crippen molar-refractivity contribution in [2.75, 3.05) is 13.1 Å². The van der Waals surface area contributed by atoms with Crippen LogP contribution in [0.5, 0.6) is 0 Å². The highest BCUT2D eigenvalue weighted by molar-refractivity contribution is 5.81. The molecule has 2 atom stereocenters. The van der Waals surface area contributed by atoms with Gasteiger partial charge in [-0.25, -0.2) is 9.18 Å². The molecule has 1 saturated heterocycles. The summed E-state index contributed by atoms with van der Waals surface area (Å²) in [5, 5.41) is 3.14. The van der Waals surface area contributed by atoms with Crippen molar-refractivity contribution >= 4 is 5.97 Å². The molecule has 0 aliphatic carbocycles. The Bertz CT molecular complexity index is 550. The van der Waals surface area contributed by atoms with Gasteiger partial charge in [0.05, 0.1) is 0 Å². The molecule has 1 aliphatic rings. The van der Waals surface area contributed by atoms with Crippen LogP contribution in [0.2, 0.25) is 0 Å². The summed E-state index contributed by atoms with van der Waals surface area (Å²) >= 11 is 0. The van der Waals surface area contributed by atoms with E-state index < -0.39 is 17.2 Å². The van der Waals surface area contributed by atoms with Gasteiger partial charge in [0.15, 0.2) is 0 Å². The molecule has 0 aromatic heterocycles. The smallest absolute Gasteiger partial charge is 0.345 e. The summed E-state index contributed by atoms with van der Waals surface area (Å²) in [7, 11) is 0. The summed E-state index contributed by atoms with van der Waals surface area (Å²) < 4.78 is 21.2. The number of alkyl halides is 1. The molecular weight excluding hydrogens is 295 g/mol. The molecule has 23 heavy (non-hydrogen) atoms. The van der Waals surface area contributed by atoms with Crippen LogP contribution in [0, 0.1) is 5.92 Å². The Kier molecular flexibility index (Phi) is 5.42. The average molecular weight is 322 g/mol. The van der Waals surface area contributed by atoms with Gasteiger partial charge >= 0.3 is 5.97 Å². The number of esters is 1. The van der Waals surface area contributed by atoms with E-state index >= 15 is 4.39 Å². The number of halogens is 1. The van der Waals surface area contributed by atoms with Crippen molar-refractivity contribution in [3.8, 4) is 0 Å². The highest BCUT2D eigenvalue weighted by atomic mass is 19.1. The number of hydrogen-bond donors (Lipinski definition) is 2. The van der Waals surface area contributed by atoms with Crippen LogP contribution in [0.15, 0.2) is 24.3 Å². The van der Waals surface area contributed by atoms with Gasteiger partial charge in [-0.05, 0) is 44.9 Å². The Morgan fingerprint density at radius 3 is 2.65 bits per heavy atom. The summed E-state index contributed by atoms with van der Waals surface area (Å²) in [6, 6.07) is 7.44. The lowest BCUT2D eigenvalue weighted by molar-refractivity contribution is -0.173. The second kappa shape index (κ2) is 6.97. The third kappa shape index (κ3) is 4.52. The molecule has 0 amide bonds. The monoisotopic (exact) mass is 322 g/mol. The van der Waals surface area contributed by atoms with E-state index in [0.717, 1.165) is 17.7 Å². The van der Waals surface area contributed by atoms with E-state index in [2.05, 4.69) is 5.32 Å². The van der Waals surface area contributed by atoms with Crippen LogP contribution in [0.4, 0.5) is 4.39 Å². The van der Waals surface area contributed by atoms with Crippen LogP contribution >= 0.6 is 0 Å². The molecule has 0 radical (unpaired) electrons. The number of carbonyl (C=O) groups excluding carboxylic acids is 1. The summed E-state index contributed by atoms with van der Waals surface area (Å²) in [4.78, 5) is 12.6. The average Bonchev–Trinajstić information content (AvgIpc) is 3.00. The summed E-state index contributed by atoms with van der Waals surface area (Å²) in [6.07, 6.45) is 0.647. The molecule has 1 aliphatic heterocycles. The van der Waals surface area contributed by atoms with Crippen LogP contribution in [-0.2, 0) is 22.5 Å². The second-order valence-electron chi connectivity index (χ2n) is 7.25. The number of rotatable bonds is 5. The number of benzene rings is 1. The molecule has 1 fully saturated rings. The Labute approximate surface area is 137 Å². The van der Waals surface area contributed by atoms with Crippen molar-refractivity contribution in [2.24, 2.45) is 11.7 Å². The van der Waals surface area contributed by atoms with Gasteiger partial charge in [-0.15, -0.1) is 0 Å².